The largest absolute Gasteiger partial charge is 0.310 e. The fraction of sp³-hybridized carbons (Fsp3) is 0.786. The number of nitrogens with one attached hydrogen (secondary N) is 1. The van der Waals surface area contributed by atoms with E-state index >= 15 is 0 Å². The average molecular weight is 254 g/mol. The number of thiazole rings is 1. The van der Waals surface area contributed by atoms with Crippen LogP contribution in [0.2, 0.25) is 0 Å². The molecular weight excluding hydrogens is 228 g/mol. The predicted octanol–water partition coefficient (Wildman–Crippen LogP) is 4.11. The summed E-state index contributed by atoms with van der Waals surface area (Å²) in [7, 11) is 0. The van der Waals surface area contributed by atoms with Gasteiger partial charge >= 0.3 is 0 Å². The third-order valence-electron chi connectivity index (χ3n) is 2.73. The Morgan fingerprint density at radius 2 is 1.94 bits per heavy atom. The van der Waals surface area contributed by atoms with E-state index in [0.717, 1.165) is 13.0 Å². The zero-order valence-electron chi connectivity index (χ0n) is 11.8. The molecule has 0 unspecified atom stereocenters. The van der Waals surface area contributed by atoms with E-state index in [2.05, 4.69) is 39.9 Å². The van der Waals surface area contributed by atoms with E-state index in [4.69, 9.17) is 4.98 Å². The molecule has 2 nitrogen and oxygen atoms in total. The van der Waals surface area contributed by atoms with Gasteiger partial charge in [0, 0.05) is 17.5 Å². The highest BCUT2D eigenvalue weighted by atomic mass is 32.1. The van der Waals surface area contributed by atoms with Crippen molar-refractivity contribution >= 4 is 11.3 Å². The van der Waals surface area contributed by atoms with Crippen molar-refractivity contribution in [3.05, 3.63) is 15.6 Å². The van der Waals surface area contributed by atoms with Crippen LogP contribution in [0.3, 0.4) is 0 Å². The Bertz CT molecular complexity index is 329. The molecule has 0 fully saturated rings. The lowest BCUT2D eigenvalue weighted by Crippen LogP contribution is -2.22. The van der Waals surface area contributed by atoms with Gasteiger partial charge in [0.2, 0.25) is 0 Å². The Labute approximate surface area is 110 Å². The second-order valence-corrected chi connectivity index (χ2v) is 6.38. The molecule has 1 aromatic heterocycles. The van der Waals surface area contributed by atoms with Crippen LogP contribution in [-0.4, -0.2) is 11.0 Å². The summed E-state index contributed by atoms with van der Waals surface area (Å²) >= 11 is 1.90. The monoisotopic (exact) mass is 254 g/mol. The summed E-state index contributed by atoms with van der Waals surface area (Å²) in [6.45, 7) is 12.0. The van der Waals surface area contributed by atoms with Gasteiger partial charge in [0.25, 0.3) is 0 Å². The molecule has 0 radical (unpaired) electrons. The summed E-state index contributed by atoms with van der Waals surface area (Å²) in [5, 5.41) is 4.81. The second-order valence-electron chi connectivity index (χ2n) is 5.21. The molecule has 0 amide bonds. The first-order valence-corrected chi connectivity index (χ1v) is 7.58. The maximum atomic E-state index is 4.80. The molecular formula is C14H26N2S. The number of rotatable bonds is 7. The molecule has 1 aromatic rings. The Balaban J connectivity index is 2.74. The van der Waals surface area contributed by atoms with Gasteiger partial charge in [0.1, 0.15) is 0 Å². The van der Waals surface area contributed by atoms with E-state index in [-0.39, 0.29) is 0 Å². The molecule has 0 saturated heterocycles. The normalized spacial score (nSPS) is 11.7. The third-order valence-corrected chi connectivity index (χ3v) is 3.86. The van der Waals surface area contributed by atoms with Gasteiger partial charge in [0.05, 0.1) is 10.7 Å². The first-order chi connectivity index (χ1) is 8.04. The van der Waals surface area contributed by atoms with Crippen LogP contribution in [0.15, 0.2) is 0 Å². The van der Waals surface area contributed by atoms with Gasteiger partial charge in [-0.15, -0.1) is 11.3 Å². The van der Waals surface area contributed by atoms with Crippen molar-refractivity contribution in [2.75, 3.05) is 0 Å². The molecule has 1 rings (SSSR count). The topological polar surface area (TPSA) is 24.9 Å². The molecule has 98 valence electrons. The Kier molecular flexibility index (Phi) is 6.14. The van der Waals surface area contributed by atoms with Crippen LogP contribution in [0, 0.1) is 0 Å². The number of nitrogens with zero attached hydrogens (tertiary/aromatic N) is 1. The second kappa shape index (κ2) is 7.12. The average Bonchev–Trinajstić information content (AvgIpc) is 2.67. The number of aromatic nitrogens is 1. The van der Waals surface area contributed by atoms with E-state index in [1.165, 1.54) is 28.4 Å². The molecule has 0 aromatic carbocycles. The molecule has 17 heavy (non-hydrogen) atoms. The zero-order valence-corrected chi connectivity index (χ0v) is 12.7. The molecule has 0 saturated carbocycles. The van der Waals surface area contributed by atoms with Crippen molar-refractivity contribution in [3.63, 3.8) is 0 Å². The summed E-state index contributed by atoms with van der Waals surface area (Å²) in [6, 6.07) is 0.538. The first-order valence-electron chi connectivity index (χ1n) is 6.76. The summed E-state index contributed by atoms with van der Waals surface area (Å²) in [5.41, 5.74) is 1.30. The van der Waals surface area contributed by atoms with Gasteiger partial charge in [-0.2, -0.15) is 0 Å². The molecule has 1 N–H and O–H groups in total. The summed E-state index contributed by atoms with van der Waals surface area (Å²) < 4.78 is 0. The van der Waals surface area contributed by atoms with Crippen LogP contribution >= 0.6 is 11.3 Å². The van der Waals surface area contributed by atoms with E-state index in [1.807, 2.05) is 11.3 Å². The Hall–Kier alpha value is -0.410. The highest BCUT2D eigenvalue weighted by molar-refractivity contribution is 7.11. The minimum Gasteiger partial charge on any atom is -0.310 e. The molecule has 3 heteroatoms. The van der Waals surface area contributed by atoms with Gasteiger partial charge in [-0.1, -0.05) is 41.0 Å². The van der Waals surface area contributed by atoms with E-state index in [1.54, 1.807) is 0 Å². The van der Waals surface area contributed by atoms with Crippen molar-refractivity contribution in [1.29, 1.82) is 0 Å². The maximum absolute atomic E-state index is 4.80. The molecule has 0 aliphatic rings. The molecule has 0 atom stereocenters. The van der Waals surface area contributed by atoms with Crippen LogP contribution in [0.25, 0.3) is 0 Å². The van der Waals surface area contributed by atoms with E-state index in [9.17, 15) is 0 Å². The summed E-state index contributed by atoms with van der Waals surface area (Å²) in [4.78, 5) is 6.23. The number of unbranched alkanes of at least 4 members (excludes halogenated alkanes) is 1. The van der Waals surface area contributed by atoms with Crippen molar-refractivity contribution in [1.82, 2.24) is 10.3 Å². The van der Waals surface area contributed by atoms with Crippen molar-refractivity contribution in [3.8, 4) is 0 Å². The van der Waals surface area contributed by atoms with E-state index < -0.39 is 0 Å². The Morgan fingerprint density at radius 3 is 2.47 bits per heavy atom. The maximum Gasteiger partial charge on any atom is 0.0931 e. The van der Waals surface area contributed by atoms with Crippen molar-refractivity contribution in [2.45, 2.75) is 72.4 Å². The quantitative estimate of drug-likeness (QED) is 0.792. The van der Waals surface area contributed by atoms with Crippen LogP contribution in [0.5, 0.6) is 0 Å². The smallest absolute Gasteiger partial charge is 0.0931 e. The van der Waals surface area contributed by atoms with Gasteiger partial charge in [-0.3, -0.25) is 0 Å². The highest BCUT2D eigenvalue weighted by Gasteiger charge is 2.13. The lowest BCUT2D eigenvalue weighted by atomic mass is 10.1. The fourth-order valence-electron chi connectivity index (χ4n) is 1.72. The third kappa shape index (κ3) is 4.76. The SMILES string of the molecule is CCCCc1nc(C(C)C)c(CNC(C)C)s1. The van der Waals surface area contributed by atoms with Crippen LogP contribution < -0.4 is 5.32 Å². The van der Waals surface area contributed by atoms with Gasteiger partial charge in [0.15, 0.2) is 0 Å². The number of aryl methyl sites for hydroxylation is 1. The van der Waals surface area contributed by atoms with Crippen LogP contribution in [0.4, 0.5) is 0 Å². The fourth-order valence-corrected chi connectivity index (χ4v) is 2.94. The lowest BCUT2D eigenvalue weighted by molar-refractivity contribution is 0.588. The summed E-state index contributed by atoms with van der Waals surface area (Å²) in [6.07, 6.45) is 3.64. The predicted molar refractivity (Wildman–Crippen MR) is 76.8 cm³/mol. The minimum atomic E-state index is 0.533. The standard InChI is InChI=1S/C14H26N2S/c1-6-7-8-13-16-14(10(2)3)12(17-13)9-15-11(4)5/h10-11,15H,6-9H2,1-5H3. The van der Waals surface area contributed by atoms with Gasteiger partial charge < -0.3 is 5.32 Å². The molecule has 1 heterocycles. The number of hydrogen-bond acceptors (Lipinski definition) is 3. The van der Waals surface area contributed by atoms with Crippen LogP contribution in [0.1, 0.15) is 69.0 Å². The summed E-state index contributed by atoms with van der Waals surface area (Å²) in [5.74, 6) is 0.533. The molecule has 0 aliphatic carbocycles. The minimum absolute atomic E-state index is 0.533. The van der Waals surface area contributed by atoms with E-state index in [0.29, 0.717) is 12.0 Å². The molecule has 0 spiro atoms. The molecule has 0 bridgehead atoms. The zero-order chi connectivity index (χ0) is 12.8. The van der Waals surface area contributed by atoms with Gasteiger partial charge in [-0.25, -0.2) is 4.98 Å². The lowest BCUT2D eigenvalue weighted by Gasteiger charge is -2.09. The van der Waals surface area contributed by atoms with Gasteiger partial charge in [-0.05, 0) is 18.8 Å². The molecule has 0 aliphatic heterocycles. The van der Waals surface area contributed by atoms with Crippen molar-refractivity contribution < 1.29 is 0 Å². The highest BCUT2D eigenvalue weighted by Crippen LogP contribution is 2.26. The number of hydrogen-bond donors (Lipinski definition) is 1. The first kappa shape index (κ1) is 14.7. The Morgan fingerprint density at radius 1 is 1.24 bits per heavy atom. The van der Waals surface area contributed by atoms with Crippen molar-refractivity contribution in [2.24, 2.45) is 0 Å². The van der Waals surface area contributed by atoms with Crippen LogP contribution in [-0.2, 0) is 13.0 Å².